The van der Waals surface area contributed by atoms with E-state index in [2.05, 4.69) is 5.32 Å². The van der Waals surface area contributed by atoms with Gasteiger partial charge in [-0.3, -0.25) is 9.59 Å². The van der Waals surface area contributed by atoms with Crippen molar-refractivity contribution in [3.63, 3.8) is 0 Å². The van der Waals surface area contributed by atoms with Gasteiger partial charge in [-0.25, -0.2) is 0 Å². The summed E-state index contributed by atoms with van der Waals surface area (Å²) in [5.74, 6) is 0.919. The van der Waals surface area contributed by atoms with E-state index in [-0.39, 0.29) is 18.4 Å². The Morgan fingerprint density at radius 3 is 2.75 bits per heavy atom. The van der Waals surface area contributed by atoms with Crippen molar-refractivity contribution in [1.29, 1.82) is 0 Å². The number of hydrogen-bond acceptors (Lipinski definition) is 4. The minimum Gasteiger partial charge on any atom is -0.489 e. The fourth-order valence-electron chi connectivity index (χ4n) is 2.49. The molecule has 0 aliphatic carbocycles. The number of benzene rings is 2. The molecule has 0 saturated carbocycles. The number of amides is 2. The van der Waals surface area contributed by atoms with Crippen LogP contribution in [0.25, 0.3) is 0 Å². The molecule has 1 heterocycles. The van der Waals surface area contributed by atoms with E-state index in [1.54, 1.807) is 35.2 Å². The van der Waals surface area contributed by atoms with Crippen molar-refractivity contribution in [2.24, 2.45) is 0 Å². The monoisotopic (exact) mass is 326 g/mol. The van der Waals surface area contributed by atoms with Gasteiger partial charge in [0.25, 0.3) is 5.91 Å². The van der Waals surface area contributed by atoms with E-state index < -0.39 is 0 Å². The number of rotatable bonds is 4. The number of carbonyl (C=O) groups is 2. The molecule has 24 heavy (non-hydrogen) atoms. The van der Waals surface area contributed by atoms with Gasteiger partial charge < -0.3 is 19.7 Å². The first-order chi connectivity index (χ1) is 11.6. The predicted molar refractivity (Wildman–Crippen MR) is 90.5 cm³/mol. The van der Waals surface area contributed by atoms with Crippen molar-refractivity contribution in [2.45, 2.75) is 6.92 Å². The fourth-order valence-corrected chi connectivity index (χ4v) is 2.49. The molecule has 6 nitrogen and oxygen atoms in total. The van der Waals surface area contributed by atoms with Gasteiger partial charge in [-0.1, -0.05) is 18.2 Å². The maximum atomic E-state index is 12.0. The van der Waals surface area contributed by atoms with E-state index in [0.717, 1.165) is 0 Å². The molecule has 3 rings (SSSR count). The quantitative estimate of drug-likeness (QED) is 0.937. The van der Waals surface area contributed by atoms with Crippen LogP contribution in [0.2, 0.25) is 0 Å². The van der Waals surface area contributed by atoms with Gasteiger partial charge in [-0.05, 0) is 24.3 Å². The summed E-state index contributed by atoms with van der Waals surface area (Å²) in [7, 11) is 0. The number of anilines is 2. The van der Waals surface area contributed by atoms with Crippen LogP contribution < -0.4 is 19.7 Å². The van der Waals surface area contributed by atoms with Crippen molar-refractivity contribution in [2.75, 3.05) is 30.0 Å². The normalized spacial score (nSPS) is 12.8. The number of para-hydroxylation sites is 1. The maximum absolute atomic E-state index is 12.0. The zero-order chi connectivity index (χ0) is 16.9. The molecule has 0 fully saturated rings. The number of nitrogens with zero attached hydrogens (tertiary/aromatic N) is 1. The topological polar surface area (TPSA) is 67.9 Å². The summed E-state index contributed by atoms with van der Waals surface area (Å²) in [5.41, 5.74) is 1.31. The number of hydrogen-bond donors (Lipinski definition) is 1. The van der Waals surface area contributed by atoms with Gasteiger partial charge in [0, 0.05) is 18.7 Å². The number of nitrogens with one attached hydrogen (secondary N) is 1. The average Bonchev–Trinajstić information content (AvgIpc) is 2.60. The second kappa shape index (κ2) is 7.04. The molecular weight excluding hydrogens is 308 g/mol. The van der Waals surface area contributed by atoms with Crippen molar-refractivity contribution in [1.82, 2.24) is 0 Å². The molecule has 0 saturated heterocycles. The Morgan fingerprint density at radius 1 is 1.21 bits per heavy atom. The van der Waals surface area contributed by atoms with Crippen LogP contribution in [0.3, 0.4) is 0 Å². The van der Waals surface area contributed by atoms with Crippen LogP contribution in [-0.4, -0.2) is 31.6 Å². The van der Waals surface area contributed by atoms with Crippen molar-refractivity contribution in [3.05, 3.63) is 48.5 Å². The second-order valence-electron chi connectivity index (χ2n) is 5.35. The standard InChI is InChI=1S/C18H18N2O4/c1-13(21)20-9-10-23-17-11-14(7-8-16(17)20)19-18(22)12-24-15-5-3-2-4-6-15/h2-8,11H,9-10,12H2,1H3,(H,19,22). The first-order valence-electron chi connectivity index (χ1n) is 7.66. The van der Waals surface area contributed by atoms with E-state index in [4.69, 9.17) is 9.47 Å². The highest BCUT2D eigenvalue weighted by molar-refractivity contribution is 5.96. The smallest absolute Gasteiger partial charge is 0.262 e. The van der Waals surface area contributed by atoms with E-state index >= 15 is 0 Å². The fraction of sp³-hybridized carbons (Fsp3) is 0.222. The van der Waals surface area contributed by atoms with Gasteiger partial charge in [0.1, 0.15) is 18.1 Å². The lowest BCUT2D eigenvalue weighted by atomic mass is 10.2. The second-order valence-corrected chi connectivity index (χ2v) is 5.35. The first kappa shape index (κ1) is 15.9. The van der Waals surface area contributed by atoms with Crippen molar-refractivity contribution < 1.29 is 19.1 Å². The van der Waals surface area contributed by atoms with Crippen LogP contribution in [-0.2, 0) is 9.59 Å². The van der Waals surface area contributed by atoms with Crippen LogP contribution in [0, 0.1) is 0 Å². The van der Waals surface area contributed by atoms with Gasteiger partial charge in [0.2, 0.25) is 5.91 Å². The Labute approximate surface area is 140 Å². The summed E-state index contributed by atoms with van der Waals surface area (Å²) in [4.78, 5) is 25.3. The number of carbonyl (C=O) groups excluding carboxylic acids is 2. The molecule has 1 aliphatic heterocycles. The minimum atomic E-state index is -0.266. The summed E-state index contributed by atoms with van der Waals surface area (Å²) in [6.07, 6.45) is 0. The van der Waals surface area contributed by atoms with E-state index in [1.165, 1.54) is 6.92 Å². The Bertz CT molecular complexity index is 746. The summed E-state index contributed by atoms with van der Waals surface area (Å²) < 4.78 is 11.0. The van der Waals surface area contributed by atoms with Crippen molar-refractivity contribution >= 4 is 23.2 Å². The molecule has 6 heteroatoms. The molecule has 0 aromatic heterocycles. The molecule has 0 atom stereocenters. The van der Waals surface area contributed by atoms with Gasteiger partial charge >= 0.3 is 0 Å². The average molecular weight is 326 g/mol. The highest BCUT2D eigenvalue weighted by atomic mass is 16.5. The third-order valence-corrected chi connectivity index (χ3v) is 3.60. The molecule has 2 aromatic carbocycles. The molecule has 0 bridgehead atoms. The Kier molecular flexibility index (Phi) is 4.65. The summed E-state index contributed by atoms with van der Waals surface area (Å²) in [6, 6.07) is 14.4. The third-order valence-electron chi connectivity index (χ3n) is 3.60. The minimum absolute atomic E-state index is 0.0346. The first-order valence-corrected chi connectivity index (χ1v) is 7.66. The molecule has 0 radical (unpaired) electrons. The summed E-state index contributed by atoms with van der Waals surface area (Å²) in [5, 5.41) is 2.76. The van der Waals surface area contributed by atoms with Crippen molar-refractivity contribution in [3.8, 4) is 11.5 Å². The van der Waals surface area contributed by atoms with Crippen LogP contribution in [0.5, 0.6) is 11.5 Å². The molecule has 124 valence electrons. The van der Waals surface area contributed by atoms with E-state index in [1.807, 2.05) is 18.2 Å². The molecule has 1 aliphatic rings. The van der Waals surface area contributed by atoms with E-state index in [9.17, 15) is 9.59 Å². The van der Waals surface area contributed by atoms with Gasteiger partial charge in [0.05, 0.1) is 12.2 Å². The highest BCUT2D eigenvalue weighted by Crippen LogP contribution is 2.34. The third kappa shape index (κ3) is 3.65. The van der Waals surface area contributed by atoms with E-state index in [0.29, 0.717) is 36.0 Å². The lowest BCUT2D eigenvalue weighted by molar-refractivity contribution is -0.118. The summed E-state index contributed by atoms with van der Waals surface area (Å²) in [6.45, 7) is 2.40. The SMILES string of the molecule is CC(=O)N1CCOc2cc(NC(=O)COc3ccccc3)ccc21. The highest BCUT2D eigenvalue weighted by Gasteiger charge is 2.21. The lowest BCUT2D eigenvalue weighted by Crippen LogP contribution is -2.36. The lowest BCUT2D eigenvalue weighted by Gasteiger charge is -2.29. The molecule has 0 unspecified atom stereocenters. The zero-order valence-electron chi connectivity index (χ0n) is 13.3. The zero-order valence-corrected chi connectivity index (χ0v) is 13.3. The molecule has 2 aromatic rings. The Morgan fingerprint density at radius 2 is 2.00 bits per heavy atom. The van der Waals surface area contributed by atoms with Crippen LogP contribution >= 0.6 is 0 Å². The Balaban J connectivity index is 1.63. The molecular formula is C18H18N2O4. The van der Waals surface area contributed by atoms with Crippen LogP contribution in [0.1, 0.15) is 6.92 Å². The largest absolute Gasteiger partial charge is 0.489 e. The predicted octanol–water partition coefficient (Wildman–Crippen LogP) is 2.45. The van der Waals surface area contributed by atoms with Gasteiger partial charge in [-0.2, -0.15) is 0 Å². The number of ether oxygens (including phenoxy) is 2. The van der Waals surface area contributed by atoms with Gasteiger partial charge in [-0.15, -0.1) is 0 Å². The number of fused-ring (bicyclic) bond motifs is 1. The van der Waals surface area contributed by atoms with Gasteiger partial charge in [0.15, 0.2) is 6.61 Å². The maximum Gasteiger partial charge on any atom is 0.262 e. The molecule has 1 N–H and O–H groups in total. The molecule has 0 spiro atoms. The van der Waals surface area contributed by atoms with Crippen LogP contribution in [0.15, 0.2) is 48.5 Å². The summed E-state index contributed by atoms with van der Waals surface area (Å²) >= 11 is 0. The molecule has 2 amide bonds. The van der Waals surface area contributed by atoms with Crippen LogP contribution in [0.4, 0.5) is 11.4 Å². The Hall–Kier alpha value is -3.02.